The Balaban J connectivity index is 2.08. The molecule has 0 aromatic heterocycles. The first-order valence-corrected chi connectivity index (χ1v) is 5.89. The highest BCUT2D eigenvalue weighted by Gasteiger charge is 2.29. The Bertz CT molecular complexity index is 516. The van der Waals surface area contributed by atoms with E-state index in [-0.39, 0.29) is 11.8 Å². The van der Waals surface area contributed by atoms with Crippen LogP contribution in [0.4, 0.5) is 5.69 Å². The Morgan fingerprint density at radius 2 is 2.11 bits per heavy atom. The number of aryl methyl sites for hydroxylation is 1. The van der Waals surface area contributed by atoms with Crippen LogP contribution in [0.5, 0.6) is 0 Å². The zero-order chi connectivity index (χ0) is 13.1. The van der Waals surface area contributed by atoms with Crippen molar-refractivity contribution in [1.82, 2.24) is 0 Å². The van der Waals surface area contributed by atoms with Crippen LogP contribution in [0.25, 0.3) is 6.08 Å². The fourth-order valence-corrected chi connectivity index (χ4v) is 1.69. The number of rotatable bonds is 4. The van der Waals surface area contributed by atoms with Gasteiger partial charge < -0.3 is 10.4 Å². The quantitative estimate of drug-likeness (QED) is 0.801. The molecule has 18 heavy (non-hydrogen) atoms. The topological polar surface area (TPSA) is 66.4 Å². The zero-order valence-electron chi connectivity index (χ0n) is 10.1. The van der Waals surface area contributed by atoms with Gasteiger partial charge >= 0.3 is 5.97 Å². The molecule has 0 atom stereocenters. The number of nitrogens with one attached hydrogen (secondary N) is 1. The summed E-state index contributed by atoms with van der Waals surface area (Å²) in [6, 6.07) is 5.44. The van der Waals surface area contributed by atoms with Crippen LogP contribution in [0, 0.1) is 12.8 Å². The van der Waals surface area contributed by atoms with Crippen molar-refractivity contribution < 1.29 is 14.7 Å². The second kappa shape index (κ2) is 5.04. The Kier molecular flexibility index (Phi) is 3.46. The summed E-state index contributed by atoms with van der Waals surface area (Å²) < 4.78 is 0. The Morgan fingerprint density at radius 1 is 1.39 bits per heavy atom. The fraction of sp³-hybridized carbons (Fsp3) is 0.286. The van der Waals surface area contributed by atoms with Crippen LogP contribution in [-0.4, -0.2) is 17.0 Å². The van der Waals surface area contributed by atoms with Crippen molar-refractivity contribution in [3.8, 4) is 0 Å². The number of benzene rings is 1. The lowest BCUT2D eigenvalue weighted by Gasteiger charge is -2.07. The first-order chi connectivity index (χ1) is 8.56. The van der Waals surface area contributed by atoms with E-state index in [1.165, 1.54) is 0 Å². The number of carbonyl (C=O) groups is 2. The SMILES string of the molecule is Cc1cc(NC(=O)C2CC2)ccc1C=CC(=O)O. The number of anilines is 1. The summed E-state index contributed by atoms with van der Waals surface area (Å²) in [6.45, 7) is 1.88. The van der Waals surface area contributed by atoms with Crippen LogP contribution < -0.4 is 5.32 Å². The molecule has 0 saturated heterocycles. The van der Waals surface area contributed by atoms with Gasteiger partial charge in [-0.2, -0.15) is 0 Å². The van der Waals surface area contributed by atoms with Gasteiger partial charge in [-0.05, 0) is 49.1 Å². The molecule has 0 unspecified atom stereocenters. The molecule has 2 rings (SSSR count). The van der Waals surface area contributed by atoms with E-state index in [1.54, 1.807) is 18.2 Å². The molecule has 1 aliphatic rings. The molecular weight excluding hydrogens is 230 g/mol. The van der Waals surface area contributed by atoms with Crippen molar-refractivity contribution in [3.63, 3.8) is 0 Å². The van der Waals surface area contributed by atoms with E-state index in [0.29, 0.717) is 0 Å². The highest BCUT2D eigenvalue weighted by Crippen LogP contribution is 2.30. The second-order valence-electron chi connectivity index (χ2n) is 4.51. The average Bonchev–Trinajstić information content (AvgIpc) is 3.11. The van der Waals surface area contributed by atoms with Crippen LogP contribution in [0.3, 0.4) is 0 Å². The van der Waals surface area contributed by atoms with Gasteiger partial charge in [0.2, 0.25) is 5.91 Å². The number of carboxylic acid groups (broad SMARTS) is 1. The minimum Gasteiger partial charge on any atom is -0.478 e. The lowest BCUT2D eigenvalue weighted by atomic mass is 10.1. The molecule has 1 aliphatic carbocycles. The van der Waals surface area contributed by atoms with Crippen LogP contribution >= 0.6 is 0 Å². The van der Waals surface area contributed by atoms with E-state index in [9.17, 15) is 9.59 Å². The van der Waals surface area contributed by atoms with Gasteiger partial charge in [0.1, 0.15) is 0 Å². The summed E-state index contributed by atoms with van der Waals surface area (Å²) in [7, 11) is 0. The highest BCUT2D eigenvalue weighted by atomic mass is 16.4. The number of aliphatic carboxylic acids is 1. The van der Waals surface area contributed by atoms with Gasteiger partial charge in [0.15, 0.2) is 0 Å². The molecule has 4 heteroatoms. The number of amides is 1. The van der Waals surface area contributed by atoms with E-state index in [2.05, 4.69) is 5.32 Å². The normalized spacial score (nSPS) is 14.7. The number of carboxylic acids is 1. The predicted molar refractivity (Wildman–Crippen MR) is 69.2 cm³/mol. The van der Waals surface area contributed by atoms with Crippen molar-refractivity contribution in [2.75, 3.05) is 5.32 Å². The molecule has 1 amide bonds. The molecule has 0 radical (unpaired) electrons. The smallest absolute Gasteiger partial charge is 0.328 e. The lowest BCUT2D eigenvalue weighted by Crippen LogP contribution is -2.13. The monoisotopic (exact) mass is 245 g/mol. The molecule has 2 N–H and O–H groups in total. The maximum absolute atomic E-state index is 11.6. The molecule has 0 spiro atoms. The second-order valence-corrected chi connectivity index (χ2v) is 4.51. The highest BCUT2D eigenvalue weighted by molar-refractivity contribution is 5.94. The minimum atomic E-state index is -0.972. The van der Waals surface area contributed by atoms with E-state index in [1.807, 2.05) is 13.0 Å². The molecule has 0 bridgehead atoms. The van der Waals surface area contributed by atoms with Crippen molar-refractivity contribution >= 4 is 23.6 Å². The third kappa shape index (κ3) is 3.20. The van der Waals surface area contributed by atoms with E-state index in [4.69, 9.17) is 5.11 Å². The molecule has 1 aromatic rings. The standard InChI is InChI=1S/C14H15NO3/c1-9-8-12(15-14(18)11-2-3-11)6-4-10(9)5-7-13(16)17/h4-8,11H,2-3H2,1H3,(H,15,18)(H,16,17). The molecule has 0 heterocycles. The third-order valence-electron chi connectivity index (χ3n) is 2.89. The number of hydrogen-bond donors (Lipinski definition) is 2. The minimum absolute atomic E-state index is 0.0724. The molecule has 4 nitrogen and oxygen atoms in total. The fourth-order valence-electron chi connectivity index (χ4n) is 1.69. The van der Waals surface area contributed by atoms with Crippen LogP contribution in [-0.2, 0) is 9.59 Å². The van der Waals surface area contributed by atoms with Crippen LogP contribution in [0.2, 0.25) is 0 Å². The van der Waals surface area contributed by atoms with Gasteiger partial charge in [0, 0.05) is 17.7 Å². The number of hydrogen-bond acceptors (Lipinski definition) is 2. The van der Waals surface area contributed by atoms with Gasteiger partial charge in [-0.3, -0.25) is 4.79 Å². The summed E-state index contributed by atoms with van der Waals surface area (Å²) in [6.07, 6.45) is 4.60. The van der Waals surface area contributed by atoms with E-state index >= 15 is 0 Å². The third-order valence-corrected chi connectivity index (χ3v) is 2.89. The Hall–Kier alpha value is -2.10. The van der Waals surface area contributed by atoms with Gasteiger partial charge in [0.05, 0.1) is 0 Å². The lowest BCUT2D eigenvalue weighted by molar-refractivity contribution is -0.131. The van der Waals surface area contributed by atoms with Gasteiger partial charge in [-0.25, -0.2) is 4.79 Å². The van der Waals surface area contributed by atoms with E-state index in [0.717, 1.165) is 35.7 Å². The van der Waals surface area contributed by atoms with Crippen molar-refractivity contribution in [3.05, 3.63) is 35.4 Å². The van der Waals surface area contributed by atoms with Gasteiger partial charge in [0.25, 0.3) is 0 Å². The average molecular weight is 245 g/mol. The van der Waals surface area contributed by atoms with E-state index < -0.39 is 5.97 Å². The summed E-state index contributed by atoms with van der Waals surface area (Å²) in [5.74, 6) is -0.722. The van der Waals surface area contributed by atoms with Crippen LogP contribution in [0.1, 0.15) is 24.0 Å². The zero-order valence-corrected chi connectivity index (χ0v) is 10.1. The Morgan fingerprint density at radius 3 is 2.67 bits per heavy atom. The van der Waals surface area contributed by atoms with Gasteiger partial charge in [-0.15, -0.1) is 0 Å². The van der Waals surface area contributed by atoms with Crippen molar-refractivity contribution in [1.29, 1.82) is 0 Å². The maximum Gasteiger partial charge on any atom is 0.328 e. The predicted octanol–water partition coefficient (Wildman–Crippen LogP) is 2.44. The maximum atomic E-state index is 11.6. The first kappa shape index (κ1) is 12.4. The van der Waals surface area contributed by atoms with Crippen molar-refractivity contribution in [2.45, 2.75) is 19.8 Å². The molecule has 1 saturated carbocycles. The molecule has 94 valence electrons. The summed E-state index contributed by atoms with van der Waals surface area (Å²) in [5, 5.41) is 11.4. The summed E-state index contributed by atoms with van der Waals surface area (Å²) in [5.41, 5.74) is 2.53. The summed E-state index contributed by atoms with van der Waals surface area (Å²) >= 11 is 0. The van der Waals surface area contributed by atoms with Crippen LogP contribution in [0.15, 0.2) is 24.3 Å². The Labute approximate surface area is 105 Å². The molecule has 0 aliphatic heterocycles. The molecular formula is C14H15NO3. The molecule has 1 aromatic carbocycles. The first-order valence-electron chi connectivity index (χ1n) is 5.89. The number of carbonyl (C=O) groups excluding carboxylic acids is 1. The van der Waals surface area contributed by atoms with Crippen molar-refractivity contribution in [2.24, 2.45) is 5.92 Å². The summed E-state index contributed by atoms with van der Waals surface area (Å²) in [4.78, 5) is 22.0. The molecule has 1 fully saturated rings. The van der Waals surface area contributed by atoms with Gasteiger partial charge in [-0.1, -0.05) is 6.07 Å². The largest absolute Gasteiger partial charge is 0.478 e.